The maximum atomic E-state index is 13.8. The zero-order valence-electron chi connectivity index (χ0n) is 16.1. The first kappa shape index (κ1) is 19.7. The fourth-order valence-corrected chi connectivity index (χ4v) is 3.64. The number of nitrogens with zero attached hydrogens (tertiary/aromatic N) is 3. The lowest BCUT2D eigenvalue weighted by Crippen LogP contribution is -2.35. The highest BCUT2D eigenvalue weighted by atomic mass is 19.1. The Hall–Kier alpha value is -2.08. The van der Waals surface area contributed by atoms with Crippen molar-refractivity contribution in [2.45, 2.75) is 52.1 Å². The van der Waals surface area contributed by atoms with Crippen molar-refractivity contribution >= 4 is 5.95 Å². The Bertz CT molecular complexity index is 733. The Morgan fingerprint density at radius 2 is 2.00 bits per heavy atom. The van der Waals surface area contributed by atoms with Crippen LogP contribution in [0.4, 0.5) is 14.7 Å². The monoisotopic (exact) mass is 374 g/mol. The first-order chi connectivity index (χ1) is 13.0. The van der Waals surface area contributed by atoms with Gasteiger partial charge in [-0.3, -0.25) is 4.90 Å². The van der Waals surface area contributed by atoms with Crippen molar-refractivity contribution in [2.75, 3.05) is 18.4 Å². The fourth-order valence-electron chi connectivity index (χ4n) is 3.64. The number of aromatic nitrogens is 2. The molecule has 146 valence electrons. The van der Waals surface area contributed by atoms with Gasteiger partial charge in [-0.05, 0) is 63.6 Å². The molecule has 2 heterocycles. The van der Waals surface area contributed by atoms with Crippen LogP contribution >= 0.6 is 0 Å². The Balaban J connectivity index is 1.50. The van der Waals surface area contributed by atoms with Crippen molar-refractivity contribution in [1.82, 2.24) is 14.9 Å². The maximum Gasteiger partial charge on any atom is 0.222 e. The second-order valence-electron chi connectivity index (χ2n) is 7.73. The quantitative estimate of drug-likeness (QED) is 0.779. The van der Waals surface area contributed by atoms with Gasteiger partial charge in [0.15, 0.2) is 0 Å². The summed E-state index contributed by atoms with van der Waals surface area (Å²) in [6.45, 7) is 7.01. The molecule has 1 aliphatic heterocycles. The van der Waals surface area contributed by atoms with Crippen LogP contribution in [-0.2, 0) is 13.0 Å². The lowest BCUT2D eigenvalue weighted by molar-refractivity contribution is 0.161. The van der Waals surface area contributed by atoms with E-state index < -0.39 is 11.6 Å². The molecule has 1 unspecified atom stereocenters. The molecule has 1 N–H and O–H groups in total. The summed E-state index contributed by atoms with van der Waals surface area (Å²) in [5, 5.41) is 3.19. The minimum Gasteiger partial charge on any atom is -0.352 e. The van der Waals surface area contributed by atoms with Gasteiger partial charge >= 0.3 is 0 Å². The molecular weight excluding hydrogens is 346 g/mol. The molecule has 4 nitrogen and oxygen atoms in total. The molecule has 0 saturated carbocycles. The Morgan fingerprint density at radius 1 is 1.22 bits per heavy atom. The van der Waals surface area contributed by atoms with E-state index in [2.05, 4.69) is 34.0 Å². The third kappa shape index (κ3) is 5.96. The van der Waals surface area contributed by atoms with E-state index in [1.165, 1.54) is 6.07 Å². The van der Waals surface area contributed by atoms with Gasteiger partial charge in [-0.1, -0.05) is 6.07 Å². The van der Waals surface area contributed by atoms with Crippen LogP contribution in [0, 0.1) is 17.6 Å². The van der Waals surface area contributed by atoms with E-state index in [0.717, 1.165) is 50.5 Å². The van der Waals surface area contributed by atoms with Crippen LogP contribution in [0.1, 0.15) is 44.2 Å². The zero-order chi connectivity index (χ0) is 19.2. The largest absolute Gasteiger partial charge is 0.352 e. The minimum absolute atomic E-state index is 0.310. The van der Waals surface area contributed by atoms with Crippen LogP contribution in [0.25, 0.3) is 0 Å². The Morgan fingerprint density at radius 3 is 2.70 bits per heavy atom. The molecule has 0 amide bonds. The topological polar surface area (TPSA) is 41.1 Å². The number of anilines is 1. The third-order valence-corrected chi connectivity index (χ3v) is 4.97. The van der Waals surface area contributed by atoms with Crippen molar-refractivity contribution in [2.24, 2.45) is 5.92 Å². The summed E-state index contributed by atoms with van der Waals surface area (Å²) in [7, 11) is 0. The number of piperidine rings is 1. The van der Waals surface area contributed by atoms with E-state index in [1.54, 1.807) is 6.07 Å². The third-order valence-electron chi connectivity index (χ3n) is 4.97. The second kappa shape index (κ2) is 9.22. The van der Waals surface area contributed by atoms with E-state index in [1.807, 2.05) is 12.4 Å². The molecule has 3 rings (SSSR count). The second-order valence-corrected chi connectivity index (χ2v) is 7.73. The van der Waals surface area contributed by atoms with Gasteiger partial charge in [0.2, 0.25) is 5.95 Å². The summed E-state index contributed by atoms with van der Waals surface area (Å²) in [5.41, 5.74) is 1.71. The number of likely N-dealkylation sites (tertiary alicyclic amines) is 1. The summed E-state index contributed by atoms with van der Waals surface area (Å²) in [6.07, 6.45) is 7.65. The highest BCUT2D eigenvalue weighted by Gasteiger charge is 2.20. The molecule has 0 aliphatic carbocycles. The normalized spacial score (nSPS) is 18.0. The first-order valence-electron chi connectivity index (χ1n) is 9.73. The van der Waals surface area contributed by atoms with Crippen LogP contribution in [0.2, 0.25) is 0 Å². The van der Waals surface area contributed by atoms with Crippen LogP contribution in [0.5, 0.6) is 0 Å². The Kier molecular flexibility index (Phi) is 6.72. The van der Waals surface area contributed by atoms with Gasteiger partial charge in [-0.25, -0.2) is 18.7 Å². The lowest BCUT2D eigenvalue weighted by Gasteiger charge is -2.32. The molecule has 2 aromatic rings. The van der Waals surface area contributed by atoms with E-state index in [0.29, 0.717) is 29.9 Å². The van der Waals surface area contributed by atoms with E-state index in [4.69, 9.17) is 0 Å². The van der Waals surface area contributed by atoms with Crippen LogP contribution in [0.3, 0.4) is 0 Å². The van der Waals surface area contributed by atoms with Gasteiger partial charge in [0.25, 0.3) is 0 Å². The van der Waals surface area contributed by atoms with Gasteiger partial charge in [0.1, 0.15) is 11.6 Å². The van der Waals surface area contributed by atoms with Gasteiger partial charge in [0.05, 0.1) is 0 Å². The molecule has 6 heteroatoms. The van der Waals surface area contributed by atoms with Crippen molar-refractivity contribution in [1.29, 1.82) is 0 Å². The molecule has 0 spiro atoms. The molecule has 1 aliphatic rings. The number of halogens is 2. The van der Waals surface area contributed by atoms with E-state index >= 15 is 0 Å². The predicted molar refractivity (Wildman–Crippen MR) is 103 cm³/mol. The molecule has 0 bridgehead atoms. The van der Waals surface area contributed by atoms with Gasteiger partial charge in [-0.2, -0.15) is 0 Å². The molecule has 1 saturated heterocycles. The number of rotatable bonds is 7. The number of hydrogen-bond acceptors (Lipinski definition) is 4. The molecular formula is C21H28F2N4. The van der Waals surface area contributed by atoms with Gasteiger partial charge in [-0.15, -0.1) is 0 Å². The summed E-state index contributed by atoms with van der Waals surface area (Å²) in [5.74, 6) is 0.240. The number of nitrogens with one attached hydrogen (secondary N) is 1. The molecule has 1 atom stereocenters. The lowest BCUT2D eigenvalue weighted by atomic mass is 9.91. The summed E-state index contributed by atoms with van der Waals surface area (Å²) >= 11 is 0. The van der Waals surface area contributed by atoms with Crippen molar-refractivity contribution in [3.05, 3.63) is 53.4 Å². The average Bonchev–Trinajstić information content (AvgIpc) is 2.63. The average molecular weight is 374 g/mol. The van der Waals surface area contributed by atoms with Crippen molar-refractivity contribution in [3.63, 3.8) is 0 Å². The number of benzene rings is 1. The highest BCUT2D eigenvalue weighted by molar-refractivity contribution is 5.25. The maximum absolute atomic E-state index is 13.8. The zero-order valence-corrected chi connectivity index (χ0v) is 16.1. The van der Waals surface area contributed by atoms with Crippen LogP contribution in [-0.4, -0.2) is 34.0 Å². The fraction of sp³-hybridized carbons (Fsp3) is 0.524. The smallest absolute Gasteiger partial charge is 0.222 e. The number of hydrogen-bond donors (Lipinski definition) is 1. The standard InChI is InChI=1S/C21H28F2N4/c1-15(2)26-21-24-11-17(12-25-21)14-27-9-3-4-16(13-27)5-6-18-7-8-19(22)10-20(18)23/h7-8,10-12,15-16H,3-6,9,13-14H2,1-2H3,(H,24,25,26). The molecule has 27 heavy (non-hydrogen) atoms. The molecule has 1 fully saturated rings. The van der Waals surface area contributed by atoms with Crippen molar-refractivity contribution < 1.29 is 8.78 Å². The minimum atomic E-state index is -0.517. The van der Waals surface area contributed by atoms with Gasteiger partial charge < -0.3 is 5.32 Å². The molecule has 1 aromatic heterocycles. The van der Waals surface area contributed by atoms with Crippen LogP contribution in [0.15, 0.2) is 30.6 Å². The molecule has 1 aromatic carbocycles. The first-order valence-corrected chi connectivity index (χ1v) is 9.73. The van der Waals surface area contributed by atoms with E-state index in [9.17, 15) is 8.78 Å². The van der Waals surface area contributed by atoms with Crippen LogP contribution < -0.4 is 5.32 Å². The van der Waals surface area contributed by atoms with Gasteiger partial charge in [0, 0.05) is 43.2 Å². The number of aryl methyl sites for hydroxylation is 1. The molecule has 0 radical (unpaired) electrons. The predicted octanol–water partition coefficient (Wildman–Crippen LogP) is 4.42. The highest BCUT2D eigenvalue weighted by Crippen LogP contribution is 2.23. The van der Waals surface area contributed by atoms with Crippen molar-refractivity contribution in [3.8, 4) is 0 Å². The van der Waals surface area contributed by atoms with E-state index in [-0.39, 0.29) is 0 Å². The summed E-state index contributed by atoms with van der Waals surface area (Å²) < 4.78 is 26.8. The Labute approximate surface area is 160 Å². The summed E-state index contributed by atoms with van der Waals surface area (Å²) in [4.78, 5) is 11.2. The summed E-state index contributed by atoms with van der Waals surface area (Å²) in [6, 6.07) is 4.18. The SMILES string of the molecule is CC(C)Nc1ncc(CN2CCCC(CCc3ccc(F)cc3F)C2)cn1.